The molecule has 14 nitrogen and oxygen atoms in total. The summed E-state index contributed by atoms with van der Waals surface area (Å²) in [5.41, 5.74) is 5.23. The molecular formula is C43H53ClN8O6Si. The summed E-state index contributed by atoms with van der Waals surface area (Å²) in [6.07, 6.45) is 0.976. The van der Waals surface area contributed by atoms with Gasteiger partial charge in [0.1, 0.15) is 34.6 Å². The van der Waals surface area contributed by atoms with E-state index in [1.807, 2.05) is 67.8 Å². The fourth-order valence-electron chi connectivity index (χ4n) is 8.51. The van der Waals surface area contributed by atoms with Gasteiger partial charge >= 0.3 is 12.2 Å². The summed E-state index contributed by atoms with van der Waals surface area (Å²) in [6, 6.07) is 17.3. The summed E-state index contributed by atoms with van der Waals surface area (Å²) in [5.74, 6) is 0.797. The Morgan fingerprint density at radius 3 is 2.00 bits per heavy atom. The van der Waals surface area contributed by atoms with Gasteiger partial charge in [0.05, 0.1) is 45.4 Å². The SMILES string of the molecule is COC(=O)N[C@H](C(=O)N1CCC[C@@H]1c1nc2c(ccc3cc(-c4ccc(-c5nc([C@@H]6C[Si](C)(C)CN6C(=O)[C@@H](NC(=O)OC)C(C)C)[nH]c5Cl)cc4)ccc32)[nH]1)C(C)C. The van der Waals surface area contributed by atoms with Gasteiger partial charge in [-0.3, -0.25) is 9.59 Å². The highest BCUT2D eigenvalue weighted by Crippen LogP contribution is 2.40. The number of carbonyl (C=O) groups excluding carboxylic acids is 4. The molecule has 0 saturated carbocycles. The number of ether oxygens (including phenoxy) is 2. The maximum absolute atomic E-state index is 13.9. The third-order valence-electron chi connectivity index (χ3n) is 11.6. The van der Waals surface area contributed by atoms with E-state index in [-0.39, 0.29) is 35.7 Å². The second-order valence-corrected chi connectivity index (χ2v) is 22.6. The van der Waals surface area contributed by atoms with Crippen LogP contribution in [0, 0.1) is 11.8 Å². The topological polar surface area (TPSA) is 175 Å². The Morgan fingerprint density at radius 2 is 1.37 bits per heavy atom. The minimum Gasteiger partial charge on any atom is -0.453 e. The van der Waals surface area contributed by atoms with E-state index in [1.54, 1.807) is 0 Å². The van der Waals surface area contributed by atoms with Crippen molar-refractivity contribution in [2.75, 3.05) is 26.9 Å². The first-order valence-electron chi connectivity index (χ1n) is 20.2. The summed E-state index contributed by atoms with van der Waals surface area (Å²) in [5, 5.41) is 7.86. The average molecular weight is 841 g/mol. The maximum atomic E-state index is 13.9. The number of hydrogen-bond donors (Lipinski definition) is 4. The second-order valence-electron chi connectivity index (χ2n) is 17.1. The number of aromatic amines is 2. The molecule has 0 radical (unpaired) electrons. The van der Waals surface area contributed by atoms with Gasteiger partial charge in [-0.15, -0.1) is 0 Å². The Bertz CT molecular complexity index is 2390. The van der Waals surface area contributed by atoms with Crippen molar-refractivity contribution in [3.8, 4) is 22.4 Å². The van der Waals surface area contributed by atoms with Crippen molar-refractivity contribution in [2.24, 2.45) is 11.8 Å². The standard InChI is InChI=1S/C43H53ClN8O6Si/c1-23(2)33(48-42(55)57-5)40(53)51-19-9-10-31(51)38-45-30-18-16-28-20-27(15-17-29(28)36(30)47-38)25-11-13-26(14-12-25)35-37(44)50-39(46-35)32-21-59(7,8)22-52(32)41(54)34(24(3)4)49-43(56)58-6/h11-18,20,23-24,31-34H,9-10,19,21-22H2,1-8H3,(H,45,47)(H,46,50)(H,48,55)(H,49,56)/t31-,32+,33+,34+/m1/s1. The van der Waals surface area contributed by atoms with E-state index >= 15 is 0 Å². The van der Waals surface area contributed by atoms with Crippen LogP contribution in [0.25, 0.3) is 44.2 Å². The van der Waals surface area contributed by atoms with Crippen LogP contribution in [0.3, 0.4) is 0 Å². The molecule has 2 saturated heterocycles. The molecule has 4 amide bonds. The molecule has 2 aliphatic heterocycles. The van der Waals surface area contributed by atoms with Gasteiger partial charge in [-0.25, -0.2) is 19.6 Å². The number of imidazole rings is 2. The van der Waals surface area contributed by atoms with Crippen LogP contribution in [0.5, 0.6) is 0 Å². The van der Waals surface area contributed by atoms with Crippen LogP contribution < -0.4 is 10.6 Å². The zero-order valence-corrected chi connectivity index (χ0v) is 36.6. The molecule has 3 aromatic carbocycles. The van der Waals surface area contributed by atoms with Crippen LogP contribution in [0.15, 0.2) is 54.6 Å². The molecule has 4 atom stereocenters. The highest BCUT2D eigenvalue weighted by Gasteiger charge is 2.46. The predicted molar refractivity (Wildman–Crippen MR) is 230 cm³/mol. The van der Waals surface area contributed by atoms with Crippen molar-refractivity contribution in [1.29, 1.82) is 0 Å². The molecule has 16 heteroatoms. The molecule has 0 bridgehead atoms. The first-order chi connectivity index (χ1) is 28.1. The number of fused-ring (bicyclic) bond motifs is 3. The Labute approximate surface area is 349 Å². The van der Waals surface area contributed by atoms with Crippen LogP contribution in [0.4, 0.5) is 9.59 Å². The number of nitrogens with one attached hydrogen (secondary N) is 4. The number of methoxy groups -OCH3 is 2. The van der Waals surface area contributed by atoms with Gasteiger partial charge in [0.2, 0.25) is 11.8 Å². The van der Waals surface area contributed by atoms with E-state index < -0.39 is 32.3 Å². The molecule has 2 aliphatic rings. The van der Waals surface area contributed by atoms with Gasteiger partial charge in [-0.1, -0.05) is 94.9 Å². The molecule has 0 aliphatic carbocycles. The Balaban J connectivity index is 1.10. The number of hydrogen-bond acceptors (Lipinski definition) is 8. The number of carbonyl (C=O) groups is 4. The summed E-state index contributed by atoms with van der Waals surface area (Å²) >= 11 is 6.81. The van der Waals surface area contributed by atoms with E-state index in [9.17, 15) is 19.2 Å². The van der Waals surface area contributed by atoms with Crippen LogP contribution in [0.1, 0.15) is 64.3 Å². The lowest BCUT2D eigenvalue weighted by atomic mass is 9.99. The van der Waals surface area contributed by atoms with Crippen molar-refractivity contribution in [2.45, 2.75) is 83.8 Å². The number of likely N-dealkylation sites (tertiary alicyclic amines) is 1. The molecule has 2 aromatic heterocycles. The van der Waals surface area contributed by atoms with Crippen molar-refractivity contribution >= 4 is 65.5 Å². The van der Waals surface area contributed by atoms with Crippen LogP contribution in [-0.4, -0.2) is 101 Å². The maximum Gasteiger partial charge on any atom is 0.407 e. The van der Waals surface area contributed by atoms with Crippen LogP contribution >= 0.6 is 11.6 Å². The molecule has 312 valence electrons. The quantitative estimate of drug-likeness (QED) is 0.102. The van der Waals surface area contributed by atoms with E-state index in [0.717, 1.165) is 63.2 Å². The van der Waals surface area contributed by atoms with Crippen LogP contribution in [0.2, 0.25) is 24.3 Å². The minimum absolute atomic E-state index is 0.118. The minimum atomic E-state index is -1.81. The number of rotatable bonds is 10. The highest BCUT2D eigenvalue weighted by atomic mass is 35.5. The van der Waals surface area contributed by atoms with Crippen molar-refractivity contribution in [1.82, 2.24) is 40.4 Å². The van der Waals surface area contributed by atoms with Crippen molar-refractivity contribution in [3.63, 3.8) is 0 Å². The smallest absolute Gasteiger partial charge is 0.407 e. The van der Waals surface area contributed by atoms with Gasteiger partial charge in [-0.05, 0) is 59.4 Å². The lowest BCUT2D eigenvalue weighted by molar-refractivity contribution is -0.136. The van der Waals surface area contributed by atoms with E-state index in [1.165, 1.54) is 14.2 Å². The van der Waals surface area contributed by atoms with E-state index in [0.29, 0.717) is 29.4 Å². The Hall–Kier alpha value is -5.41. The van der Waals surface area contributed by atoms with Gasteiger partial charge in [-0.2, -0.15) is 0 Å². The average Bonchev–Trinajstić information content (AvgIpc) is 4.02. The number of aromatic nitrogens is 4. The lowest BCUT2D eigenvalue weighted by Gasteiger charge is -2.30. The monoisotopic (exact) mass is 840 g/mol. The van der Waals surface area contributed by atoms with Gasteiger partial charge in [0.25, 0.3) is 0 Å². The fraction of sp³-hybridized carbons (Fsp3) is 0.442. The van der Waals surface area contributed by atoms with E-state index in [2.05, 4.69) is 58.0 Å². The predicted octanol–water partition coefficient (Wildman–Crippen LogP) is 7.98. The van der Waals surface area contributed by atoms with Gasteiger partial charge in [0, 0.05) is 23.7 Å². The third kappa shape index (κ3) is 8.40. The number of H-pyrrole nitrogens is 2. The van der Waals surface area contributed by atoms with Crippen molar-refractivity contribution in [3.05, 3.63) is 71.4 Å². The summed E-state index contributed by atoms with van der Waals surface area (Å²) in [6.45, 7) is 12.7. The fourth-order valence-corrected chi connectivity index (χ4v) is 11.6. The summed E-state index contributed by atoms with van der Waals surface area (Å²) < 4.78 is 9.59. The van der Waals surface area contributed by atoms with Crippen LogP contribution in [-0.2, 0) is 19.1 Å². The molecule has 0 spiro atoms. The lowest BCUT2D eigenvalue weighted by Crippen LogP contribution is -2.52. The largest absolute Gasteiger partial charge is 0.453 e. The first kappa shape index (κ1) is 41.7. The van der Waals surface area contributed by atoms with Gasteiger partial charge < -0.3 is 39.9 Å². The summed E-state index contributed by atoms with van der Waals surface area (Å²) in [7, 11) is 0.768. The zero-order chi connectivity index (χ0) is 42.3. The Morgan fingerprint density at radius 1 is 0.780 bits per heavy atom. The van der Waals surface area contributed by atoms with E-state index in [4.69, 9.17) is 31.0 Å². The number of halogens is 1. The molecule has 5 aromatic rings. The highest BCUT2D eigenvalue weighted by molar-refractivity contribution is 6.78. The van der Waals surface area contributed by atoms with Crippen molar-refractivity contribution < 1.29 is 28.7 Å². The number of nitrogens with zero attached hydrogens (tertiary/aromatic N) is 4. The number of benzene rings is 3. The molecule has 2 fully saturated rings. The number of alkyl carbamates (subject to hydrolysis) is 2. The molecule has 59 heavy (non-hydrogen) atoms. The Kier molecular flexibility index (Phi) is 11.8. The molecule has 4 N–H and O–H groups in total. The number of amides is 4. The molecular weight excluding hydrogens is 788 g/mol. The van der Waals surface area contributed by atoms with Gasteiger partial charge in [0.15, 0.2) is 0 Å². The molecule has 7 rings (SSSR count). The second kappa shape index (κ2) is 16.7. The third-order valence-corrected chi connectivity index (χ3v) is 14.6. The summed E-state index contributed by atoms with van der Waals surface area (Å²) in [4.78, 5) is 72.2. The normalized spacial score (nSPS) is 18.8. The molecule has 0 unspecified atom stereocenters. The molecule has 4 heterocycles. The zero-order valence-electron chi connectivity index (χ0n) is 34.8. The first-order valence-corrected chi connectivity index (χ1v) is 24.0.